The first-order valence-electron chi connectivity index (χ1n) is 6.20. The lowest BCUT2D eigenvalue weighted by Crippen LogP contribution is -2.11. The lowest BCUT2D eigenvalue weighted by atomic mass is 10.1. The molecule has 4 nitrogen and oxygen atoms in total. The van der Waals surface area contributed by atoms with Crippen molar-refractivity contribution in [2.24, 2.45) is 5.73 Å². The summed E-state index contributed by atoms with van der Waals surface area (Å²) in [6.07, 6.45) is 1.53. The van der Waals surface area contributed by atoms with Gasteiger partial charge in [0.2, 0.25) is 5.88 Å². The Labute approximate surface area is 116 Å². The van der Waals surface area contributed by atoms with Crippen LogP contribution in [0.3, 0.4) is 0 Å². The number of benzene rings is 2. The summed E-state index contributed by atoms with van der Waals surface area (Å²) in [5, 5.41) is 9.48. The minimum Gasteiger partial charge on any atom is -0.438 e. The predicted octanol–water partition coefficient (Wildman–Crippen LogP) is 3.31. The molecule has 3 N–H and O–H groups in total. The Hall–Kier alpha value is -2.88. The smallest absolute Gasteiger partial charge is 0.219 e. The molecule has 0 aliphatic heterocycles. The maximum absolute atomic E-state index is 7.33. The van der Waals surface area contributed by atoms with Crippen molar-refractivity contribution in [3.05, 3.63) is 66.4 Å². The summed E-state index contributed by atoms with van der Waals surface area (Å²) in [6, 6.07) is 17.3. The van der Waals surface area contributed by atoms with E-state index in [0.717, 1.165) is 16.5 Å². The highest BCUT2D eigenvalue weighted by molar-refractivity contribution is 5.94. The van der Waals surface area contributed by atoms with Gasteiger partial charge < -0.3 is 10.5 Å². The highest BCUT2D eigenvalue weighted by Crippen LogP contribution is 2.28. The van der Waals surface area contributed by atoms with Crippen molar-refractivity contribution in [2.75, 3.05) is 0 Å². The molecule has 0 radical (unpaired) electrons. The van der Waals surface area contributed by atoms with Gasteiger partial charge in [-0.05, 0) is 17.5 Å². The number of nitrogens with one attached hydrogen (secondary N) is 1. The van der Waals surface area contributed by atoms with Crippen LogP contribution in [-0.4, -0.2) is 10.8 Å². The molecule has 0 aliphatic rings. The number of ether oxygens (including phenoxy) is 1. The van der Waals surface area contributed by atoms with Gasteiger partial charge in [0.15, 0.2) is 0 Å². The number of nitrogens with zero attached hydrogens (tertiary/aromatic N) is 1. The molecule has 0 amide bonds. The van der Waals surface area contributed by atoms with Crippen molar-refractivity contribution in [3.8, 4) is 11.6 Å². The summed E-state index contributed by atoms with van der Waals surface area (Å²) < 4.78 is 5.80. The van der Waals surface area contributed by atoms with E-state index in [0.29, 0.717) is 11.4 Å². The molecule has 2 aromatic carbocycles. The predicted molar refractivity (Wildman–Crippen MR) is 79.3 cm³/mol. The third-order valence-corrected chi connectivity index (χ3v) is 3.01. The summed E-state index contributed by atoms with van der Waals surface area (Å²) in [7, 11) is 0. The van der Waals surface area contributed by atoms with Gasteiger partial charge in [-0.25, -0.2) is 4.98 Å². The SMILES string of the molecule is N=C(N)c1ccc(Oc2cccc3ccccc23)nc1. The number of nitrogens with two attached hydrogens (primary N) is 1. The van der Waals surface area contributed by atoms with E-state index in [2.05, 4.69) is 4.98 Å². The highest BCUT2D eigenvalue weighted by atomic mass is 16.5. The van der Waals surface area contributed by atoms with Crippen molar-refractivity contribution in [1.29, 1.82) is 5.41 Å². The fourth-order valence-electron chi connectivity index (χ4n) is 2.00. The molecule has 0 saturated carbocycles. The summed E-state index contributed by atoms with van der Waals surface area (Å²) >= 11 is 0. The number of amidine groups is 1. The maximum Gasteiger partial charge on any atom is 0.219 e. The number of fused-ring (bicyclic) bond motifs is 1. The zero-order valence-electron chi connectivity index (χ0n) is 10.7. The van der Waals surface area contributed by atoms with Crippen LogP contribution >= 0.6 is 0 Å². The number of hydrogen-bond donors (Lipinski definition) is 2. The van der Waals surface area contributed by atoms with Gasteiger partial charge in [0.1, 0.15) is 11.6 Å². The molecule has 98 valence electrons. The van der Waals surface area contributed by atoms with Crippen LogP contribution in [0.4, 0.5) is 0 Å². The number of pyridine rings is 1. The van der Waals surface area contributed by atoms with Crippen LogP contribution in [0.5, 0.6) is 11.6 Å². The summed E-state index contributed by atoms with van der Waals surface area (Å²) in [5.74, 6) is 1.23. The molecule has 0 aliphatic carbocycles. The van der Waals surface area contributed by atoms with Crippen LogP contribution in [0.2, 0.25) is 0 Å². The molecule has 0 unspecified atom stereocenters. The molecule has 0 spiro atoms. The molecule has 1 aromatic heterocycles. The number of nitrogen functional groups attached to an aromatic ring is 1. The lowest BCUT2D eigenvalue weighted by molar-refractivity contribution is 0.468. The van der Waals surface area contributed by atoms with Crippen molar-refractivity contribution in [3.63, 3.8) is 0 Å². The molecule has 1 heterocycles. The molecule has 0 atom stereocenters. The standard InChI is InChI=1S/C16H13N3O/c17-16(18)12-8-9-15(19-10-12)20-14-7-3-5-11-4-1-2-6-13(11)14/h1-10H,(H3,17,18). The van der Waals surface area contributed by atoms with Crippen LogP contribution in [0.15, 0.2) is 60.8 Å². The van der Waals surface area contributed by atoms with E-state index in [-0.39, 0.29) is 5.84 Å². The fraction of sp³-hybridized carbons (Fsp3) is 0. The Morgan fingerprint density at radius 1 is 1.00 bits per heavy atom. The van der Waals surface area contributed by atoms with E-state index >= 15 is 0 Å². The zero-order valence-corrected chi connectivity index (χ0v) is 10.7. The minimum absolute atomic E-state index is 0.00536. The molecule has 0 fully saturated rings. The quantitative estimate of drug-likeness (QED) is 0.562. The third kappa shape index (κ3) is 2.31. The first kappa shape index (κ1) is 12.2. The van der Waals surface area contributed by atoms with E-state index in [1.807, 2.05) is 42.5 Å². The largest absolute Gasteiger partial charge is 0.438 e. The molecule has 3 aromatic rings. The van der Waals surface area contributed by atoms with Crippen LogP contribution in [0.1, 0.15) is 5.56 Å². The Bertz CT molecular complexity index is 761. The lowest BCUT2D eigenvalue weighted by Gasteiger charge is -2.08. The van der Waals surface area contributed by atoms with Gasteiger partial charge in [0.25, 0.3) is 0 Å². The van der Waals surface area contributed by atoms with Crippen LogP contribution < -0.4 is 10.5 Å². The molecule has 3 rings (SSSR count). The Morgan fingerprint density at radius 2 is 1.80 bits per heavy atom. The Balaban J connectivity index is 1.95. The van der Waals surface area contributed by atoms with E-state index in [1.54, 1.807) is 12.1 Å². The van der Waals surface area contributed by atoms with Gasteiger partial charge in [-0.3, -0.25) is 5.41 Å². The van der Waals surface area contributed by atoms with Crippen molar-refractivity contribution >= 4 is 16.6 Å². The molecule has 0 bridgehead atoms. The second-order valence-corrected chi connectivity index (χ2v) is 4.38. The minimum atomic E-state index is -0.00536. The first-order chi connectivity index (χ1) is 9.74. The monoisotopic (exact) mass is 263 g/mol. The third-order valence-electron chi connectivity index (χ3n) is 3.01. The van der Waals surface area contributed by atoms with Gasteiger partial charge in [0, 0.05) is 23.2 Å². The van der Waals surface area contributed by atoms with Gasteiger partial charge >= 0.3 is 0 Å². The molecular weight excluding hydrogens is 250 g/mol. The topological polar surface area (TPSA) is 72.0 Å². The Morgan fingerprint density at radius 3 is 2.55 bits per heavy atom. The van der Waals surface area contributed by atoms with Gasteiger partial charge in [0.05, 0.1) is 0 Å². The van der Waals surface area contributed by atoms with Gasteiger partial charge in [-0.2, -0.15) is 0 Å². The van der Waals surface area contributed by atoms with Gasteiger partial charge in [-0.15, -0.1) is 0 Å². The molecule has 0 saturated heterocycles. The van der Waals surface area contributed by atoms with Crippen molar-refractivity contribution in [1.82, 2.24) is 4.98 Å². The van der Waals surface area contributed by atoms with Crippen molar-refractivity contribution < 1.29 is 4.74 Å². The van der Waals surface area contributed by atoms with E-state index in [1.165, 1.54) is 6.20 Å². The average molecular weight is 263 g/mol. The van der Waals surface area contributed by atoms with E-state index in [4.69, 9.17) is 15.9 Å². The van der Waals surface area contributed by atoms with E-state index in [9.17, 15) is 0 Å². The number of hydrogen-bond acceptors (Lipinski definition) is 3. The average Bonchev–Trinajstić information content (AvgIpc) is 2.48. The maximum atomic E-state index is 7.33. The molecule has 20 heavy (non-hydrogen) atoms. The summed E-state index contributed by atoms with van der Waals surface area (Å²) in [6.45, 7) is 0. The summed E-state index contributed by atoms with van der Waals surface area (Å²) in [4.78, 5) is 4.16. The molecular formula is C16H13N3O. The van der Waals surface area contributed by atoms with Crippen molar-refractivity contribution in [2.45, 2.75) is 0 Å². The normalized spacial score (nSPS) is 10.4. The number of rotatable bonds is 3. The Kier molecular flexibility index (Phi) is 3.05. The summed E-state index contributed by atoms with van der Waals surface area (Å²) in [5.41, 5.74) is 5.97. The van der Waals surface area contributed by atoms with E-state index < -0.39 is 0 Å². The first-order valence-corrected chi connectivity index (χ1v) is 6.20. The fourth-order valence-corrected chi connectivity index (χ4v) is 2.00. The highest BCUT2D eigenvalue weighted by Gasteiger charge is 2.04. The number of aromatic nitrogens is 1. The van der Waals surface area contributed by atoms with Crippen LogP contribution in [0, 0.1) is 5.41 Å². The van der Waals surface area contributed by atoms with Gasteiger partial charge in [-0.1, -0.05) is 36.4 Å². The zero-order chi connectivity index (χ0) is 13.9. The second kappa shape index (κ2) is 5.01. The molecule has 4 heteroatoms. The van der Waals surface area contributed by atoms with Crippen LogP contribution in [0.25, 0.3) is 10.8 Å². The second-order valence-electron chi connectivity index (χ2n) is 4.38. The van der Waals surface area contributed by atoms with Crippen LogP contribution in [-0.2, 0) is 0 Å².